The van der Waals surface area contributed by atoms with Crippen LogP contribution in [-0.4, -0.2) is 11.0 Å². The lowest BCUT2D eigenvalue weighted by molar-refractivity contribution is 0.436. The van der Waals surface area contributed by atoms with Crippen molar-refractivity contribution in [2.45, 2.75) is 51.6 Å². The quantitative estimate of drug-likeness (QED) is 0.847. The van der Waals surface area contributed by atoms with Crippen molar-refractivity contribution in [1.82, 2.24) is 10.3 Å². The zero-order chi connectivity index (χ0) is 11.1. The number of hydrogen-bond donors (Lipinski definition) is 1. The van der Waals surface area contributed by atoms with E-state index in [4.69, 9.17) is 4.42 Å². The highest BCUT2D eigenvalue weighted by molar-refractivity contribution is 5.17. The van der Waals surface area contributed by atoms with E-state index in [0.717, 1.165) is 29.8 Å². The highest BCUT2D eigenvalue weighted by atomic mass is 16.3. The molecule has 0 spiro atoms. The summed E-state index contributed by atoms with van der Waals surface area (Å²) >= 11 is 0. The van der Waals surface area contributed by atoms with Crippen LogP contribution in [0.25, 0.3) is 0 Å². The Labute approximate surface area is 96.6 Å². The van der Waals surface area contributed by atoms with E-state index in [9.17, 15) is 0 Å². The van der Waals surface area contributed by atoms with Gasteiger partial charge in [0.2, 0.25) is 0 Å². The summed E-state index contributed by atoms with van der Waals surface area (Å²) in [5, 5.41) is 3.41. The van der Waals surface area contributed by atoms with Crippen molar-refractivity contribution in [3.8, 4) is 0 Å². The van der Waals surface area contributed by atoms with Gasteiger partial charge in [0.15, 0.2) is 6.39 Å². The Balaban J connectivity index is 1.67. The molecule has 1 heterocycles. The predicted molar refractivity (Wildman–Crippen MR) is 62.1 cm³/mol. The Morgan fingerprint density at radius 1 is 1.38 bits per heavy atom. The van der Waals surface area contributed by atoms with Crippen LogP contribution < -0.4 is 5.32 Å². The van der Waals surface area contributed by atoms with Crippen LogP contribution in [0.5, 0.6) is 0 Å². The maximum Gasteiger partial charge on any atom is 0.181 e. The second kappa shape index (κ2) is 3.88. The van der Waals surface area contributed by atoms with Gasteiger partial charge in [-0.3, -0.25) is 0 Å². The monoisotopic (exact) mass is 220 g/mol. The molecule has 2 unspecified atom stereocenters. The largest absolute Gasteiger partial charge is 0.448 e. The number of fused-ring (bicyclic) bond motifs is 1. The van der Waals surface area contributed by atoms with Crippen LogP contribution in [0.4, 0.5) is 0 Å². The van der Waals surface area contributed by atoms with E-state index < -0.39 is 0 Å². The van der Waals surface area contributed by atoms with Gasteiger partial charge in [0.25, 0.3) is 0 Å². The molecular formula is C13H20N2O. The van der Waals surface area contributed by atoms with Gasteiger partial charge in [-0.1, -0.05) is 13.8 Å². The minimum Gasteiger partial charge on any atom is -0.448 e. The van der Waals surface area contributed by atoms with E-state index in [1.807, 2.05) is 0 Å². The predicted octanol–water partition coefficient (Wildman–Crippen LogP) is 2.69. The molecule has 0 aliphatic heterocycles. The molecule has 2 saturated carbocycles. The Bertz CT molecular complexity index is 362. The van der Waals surface area contributed by atoms with Gasteiger partial charge >= 0.3 is 0 Å². The Kier molecular flexibility index (Phi) is 2.51. The molecule has 0 radical (unpaired) electrons. The number of nitrogens with zero attached hydrogens (tertiary/aromatic N) is 1. The minimum absolute atomic E-state index is 0.501. The van der Waals surface area contributed by atoms with Gasteiger partial charge in [-0.25, -0.2) is 4.98 Å². The molecule has 1 aromatic heterocycles. The average molecular weight is 220 g/mol. The van der Waals surface area contributed by atoms with Crippen LogP contribution >= 0.6 is 0 Å². The van der Waals surface area contributed by atoms with Crippen molar-refractivity contribution in [3.05, 3.63) is 17.8 Å². The molecule has 0 saturated heterocycles. The average Bonchev–Trinajstić information content (AvgIpc) is 2.72. The van der Waals surface area contributed by atoms with Crippen LogP contribution in [0.15, 0.2) is 10.8 Å². The molecule has 0 aromatic carbocycles. The summed E-state index contributed by atoms with van der Waals surface area (Å²) in [6, 6.07) is 0.501. The van der Waals surface area contributed by atoms with Gasteiger partial charge in [-0.05, 0) is 31.1 Å². The third-order valence-electron chi connectivity index (χ3n) is 3.96. The first-order valence-corrected chi connectivity index (χ1v) is 6.39. The molecule has 88 valence electrons. The molecule has 0 bridgehead atoms. The number of aromatic nitrogens is 1. The van der Waals surface area contributed by atoms with E-state index in [2.05, 4.69) is 24.1 Å². The number of oxazole rings is 1. The van der Waals surface area contributed by atoms with Crippen LogP contribution in [0, 0.1) is 11.8 Å². The fourth-order valence-electron chi connectivity index (χ4n) is 2.97. The standard InChI is InChI=1S/C13H20N2O/c1-8(2)14-6-12-13(16-7-15-12)11-4-9-3-10(9)5-11/h7-11,14H,3-6H2,1-2H3. The molecule has 0 amide bonds. The summed E-state index contributed by atoms with van der Waals surface area (Å²) in [6.45, 7) is 5.16. The lowest BCUT2D eigenvalue weighted by Crippen LogP contribution is -2.22. The molecule has 2 fully saturated rings. The normalized spacial score (nSPS) is 32.1. The lowest BCUT2D eigenvalue weighted by atomic mass is 9.99. The Morgan fingerprint density at radius 2 is 2.12 bits per heavy atom. The second-order valence-electron chi connectivity index (χ2n) is 5.62. The molecule has 2 atom stereocenters. The number of nitrogens with one attached hydrogen (secondary N) is 1. The van der Waals surface area contributed by atoms with E-state index in [1.54, 1.807) is 6.39 Å². The fourth-order valence-corrected chi connectivity index (χ4v) is 2.97. The first-order valence-electron chi connectivity index (χ1n) is 6.39. The molecule has 1 N–H and O–H groups in total. The molecule has 3 nitrogen and oxygen atoms in total. The van der Waals surface area contributed by atoms with E-state index in [1.165, 1.54) is 19.3 Å². The van der Waals surface area contributed by atoms with Crippen molar-refractivity contribution in [3.63, 3.8) is 0 Å². The molecule has 16 heavy (non-hydrogen) atoms. The summed E-state index contributed by atoms with van der Waals surface area (Å²) in [7, 11) is 0. The Morgan fingerprint density at radius 3 is 2.81 bits per heavy atom. The molecule has 3 rings (SSSR count). The van der Waals surface area contributed by atoms with Gasteiger partial charge < -0.3 is 9.73 Å². The summed E-state index contributed by atoms with van der Waals surface area (Å²) in [4.78, 5) is 4.34. The smallest absolute Gasteiger partial charge is 0.181 e. The molecular weight excluding hydrogens is 200 g/mol. The SMILES string of the molecule is CC(C)NCc1ncoc1C1CC2CC2C1. The highest BCUT2D eigenvalue weighted by Gasteiger charge is 2.47. The van der Waals surface area contributed by atoms with E-state index in [0.29, 0.717) is 12.0 Å². The van der Waals surface area contributed by atoms with Gasteiger partial charge in [-0.2, -0.15) is 0 Å². The van der Waals surface area contributed by atoms with Crippen LogP contribution in [-0.2, 0) is 6.54 Å². The molecule has 3 heteroatoms. The second-order valence-corrected chi connectivity index (χ2v) is 5.62. The van der Waals surface area contributed by atoms with Gasteiger partial charge in [-0.15, -0.1) is 0 Å². The van der Waals surface area contributed by atoms with Gasteiger partial charge in [0.1, 0.15) is 5.76 Å². The van der Waals surface area contributed by atoms with Crippen molar-refractivity contribution in [2.75, 3.05) is 0 Å². The molecule has 2 aliphatic carbocycles. The number of hydrogen-bond acceptors (Lipinski definition) is 3. The zero-order valence-corrected chi connectivity index (χ0v) is 10.1. The van der Waals surface area contributed by atoms with E-state index in [-0.39, 0.29) is 0 Å². The fraction of sp³-hybridized carbons (Fsp3) is 0.769. The lowest BCUT2D eigenvalue weighted by Gasteiger charge is -2.11. The van der Waals surface area contributed by atoms with Crippen LogP contribution in [0.1, 0.15) is 50.5 Å². The maximum absolute atomic E-state index is 5.60. The van der Waals surface area contributed by atoms with Gasteiger partial charge in [0.05, 0.1) is 5.69 Å². The minimum atomic E-state index is 0.501. The van der Waals surface area contributed by atoms with Crippen molar-refractivity contribution < 1.29 is 4.42 Å². The number of rotatable bonds is 4. The highest BCUT2D eigenvalue weighted by Crippen LogP contribution is 2.57. The van der Waals surface area contributed by atoms with Crippen molar-refractivity contribution in [2.24, 2.45) is 11.8 Å². The first-order chi connectivity index (χ1) is 7.74. The third-order valence-corrected chi connectivity index (χ3v) is 3.96. The summed E-state index contributed by atoms with van der Waals surface area (Å²) < 4.78 is 5.60. The van der Waals surface area contributed by atoms with Crippen molar-refractivity contribution >= 4 is 0 Å². The van der Waals surface area contributed by atoms with Crippen molar-refractivity contribution in [1.29, 1.82) is 0 Å². The van der Waals surface area contributed by atoms with Gasteiger partial charge in [0, 0.05) is 18.5 Å². The Hall–Kier alpha value is -0.830. The first kappa shape index (κ1) is 10.3. The van der Waals surface area contributed by atoms with Crippen LogP contribution in [0.2, 0.25) is 0 Å². The summed E-state index contributed by atoms with van der Waals surface area (Å²) in [5.74, 6) is 3.80. The van der Waals surface area contributed by atoms with Crippen LogP contribution in [0.3, 0.4) is 0 Å². The zero-order valence-electron chi connectivity index (χ0n) is 10.1. The van der Waals surface area contributed by atoms with E-state index >= 15 is 0 Å². The topological polar surface area (TPSA) is 38.1 Å². The summed E-state index contributed by atoms with van der Waals surface area (Å²) in [6.07, 6.45) is 5.73. The summed E-state index contributed by atoms with van der Waals surface area (Å²) in [5.41, 5.74) is 1.12. The maximum atomic E-state index is 5.60. The third kappa shape index (κ3) is 1.88. The molecule has 1 aromatic rings. The molecule has 2 aliphatic rings.